The Morgan fingerprint density at radius 3 is 1.23 bits per heavy atom. The Kier molecular flexibility index (Phi) is 13.0. The lowest BCUT2D eigenvalue weighted by Gasteiger charge is -2.04. The number of imidazole rings is 2. The maximum absolute atomic E-state index is 4.05. The van der Waals surface area contributed by atoms with Crippen LogP contribution in [0.25, 0.3) is 0 Å². The highest BCUT2D eigenvalue weighted by Crippen LogP contribution is 2.09. The van der Waals surface area contributed by atoms with Crippen LogP contribution in [0.1, 0.15) is 51.4 Å². The van der Waals surface area contributed by atoms with Gasteiger partial charge in [0.05, 0.1) is 12.7 Å². The molecule has 0 aliphatic carbocycles. The van der Waals surface area contributed by atoms with Crippen molar-refractivity contribution >= 4 is 24.8 Å². The van der Waals surface area contributed by atoms with Gasteiger partial charge in [-0.1, -0.05) is 38.5 Å². The molecule has 2 heterocycles. The van der Waals surface area contributed by atoms with Crippen LogP contribution in [0.15, 0.2) is 37.4 Å². The van der Waals surface area contributed by atoms with Crippen LogP contribution < -0.4 is 0 Å². The minimum atomic E-state index is 0. The molecule has 0 atom stereocenters. The van der Waals surface area contributed by atoms with E-state index >= 15 is 0 Å². The molecule has 0 aromatic carbocycles. The lowest BCUT2D eigenvalue weighted by molar-refractivity contribution is 0.526. The van der Waals surface area contributed by atoms with Gasteiger partial charge in [-0.3, -0.25) is 0 Å². The number of aromatic nitrogens is 4. The molecule has 0 spiro atoms. The number of unbranched alkanes of at least 4 members (excludes halogenated alkanes) is 7. The van der Waals surface area contributed by atoms with Gasteiger partial charge in [-0.2, -0.15) is 0 Å². The van der Waals surface area contributed by atoms with Crippen LogP contribution in [0.5, 0.6) is 0 Å². The van der Waals surface area contributed by atoms with E-state index in [1.165, 1.54) is 51.4 Å². The van der Waals surface area contributed by atoms with Crippen LogP contribution in [0.3, 0.4) is 0 Å². The summed E-state index contributed by atoms with van der Waals surface area (Å²) in [6.45, 7) is 2.23. The van der Waals surface area contributed by atoms with Crippen molar-refractivity contribution in [3.8, 4) is 0 Å². The average molecular weight is 347 g/mol. The number of hydrogen-bond donors (Lipinski definition) is 0. The largest absolute Gasteiger partial charge is 0.337 e. The SMILES string of the molecule is Cl.Cl.c1cn(CCCCCCCCCCn2ccnc2)cn1. The number of halogens is 2. The smallest absolute Gasteiger partial charge is 0.0945 e. The molecule has 2 aromatic heterocycles. The Morgan fingerprint density at radius 1 is 0.545 bits per heavy atom. The van der Waals surface area contributed by atoms with E-state index in [-0.39, 0.29) is 24.8 Å². The van der Waals surface area contributed by atoms with Gasteiger partial charge in [0.2, 0.25) is 0 Å². The summed E-state index contributed by atoms with van der Waals surface area (Å²) in [6, 6.07) is 0. The summed E-state index contributed by atoms with van der Waals surface area (Å²) in [5.41, 5.74) is 0. The third kappa shape index (κ3) is 9.11. The molecule has 2 aromatic rings. The molecule has 0 aliphatic heterocycles. The fourth-order valence-corrected chi connectivity index (χ4v) is 2.49. The second kappa shape index (κ2) is 13.6. The minimum absolute atomic E-state index is 0. The molecule has 0 saturated heterocycles. The number of nitrogens with zero attached hydrogens (tertiary/aromatic N) is 4. The second-order valence-electron chi connectivity index (χ2n) is 5.43. The van der Waals surface area contributed by atoms with Crippen molar-refractivity contribution in [2.24, 2.45) is 0 Å². The van der Waals surface area contributed by atoms with Crippen molar-refractivity contribution in [3.63, 3.8) is 0 Å². The van der Waals surface area contributed by atoms with Crippen molar-refractivity contribution in [3.05, 3.63) is 37.4 Å². The van der Waals surface area contributed by atoms with E-state index in [1.54, 1.807) is 0 Å². The molecule has 0 bridgehead atoms. The first-order chi connectivity index (χ1) is 9.95. The van der Waals surface area contributed by atoms with Crippen LogP contribution >= 0.6 is 24.8 Å². The second-order valence-corrected chi connectivity index (χ2v) is 5.43. The highest BCUT2D eigenvalue weighted by atomic mass is 35.5. The number of hydrogen-bond acceptors (Lipinski definition) is 2. The minimum Gasteiger partial charge on any atom is -0.337 e. The predicted molar refractivity (Wildman–Crippen MR) is 95.9 cm³/mol. The monoisotopic (exact) mass is 346 g/mol. The first-order valence-corrected chi connectivity index (χ1v) is 7.86. The Morgan fingerprint density at radius 2 is 0.909 bits per heavy atom. The lowest BCUT2D eigenvalue weighted by Crippen LogP contribution is -1.94. The lowest BCUT2D eigenvalue weighted by atomic mass is 10.1. The van der Waals surface area contributed by atoms with Gasteiger partial charge in [0.25, 0.3) is 0 Å². The Hall–Kier alpha value is -1.00. The summed E-state index contributed by atoms with van der Waals surface area (Å²) in [6.07, 6.45) is 22.3. The van der Waals surface area contributed by atoms with Gasteiger partial charge in [-0.05, 0) is 12.8 Å². The van der Waals surface area contributed by atoms with Gasteiger partial charge in [-0.15, -0.1) is 24.8 Å². The van der Waals surface area contributed by atoms with Gasteiger partial charge in [0, 0.05) is 37.9 Å². The summed E-state index contributed by atoms with van der Waals surface area (Å²) in [5, 5.41) is 0. The molecule has 126 valence electrons. The molecule has 4 nitrogen and oxygen atoms in total. The van der Waals surface area contributed by atoms with Gasteiger partial charge in [-0.25, -0.2) is 9.97 Å². The summed E-state index contributed by atoms with van der Waals surface area (Å²) in [5.74, 6) is 0. The van der Waals surface area contributed by atoms with Crippen LogP contribution in [0, 0.1) is 0 Å². The number of rotatable bonds is 11. The molecule has 22 heavy (non-hydrogen) atoms. The third-order valence-corrected chi connectivity index (χ3v) is 3.70. The van der Waals surface area contributed by atoms with Crippen molar-refractivity contribution in [1.29, 1.82) is 0 Å². The van der Waals surface area contributed by atoms with Crippen molar-refractivity contribution in [2.45, 2.75) is 64.5 Å². The van der Waals surface area contributed by atoms with Crippen LogP contribution in [-0.2, 0) is 13.1 Å². The Labute approximate surface area is 146 Å². The molecule has 6 heteroatoms. The topological polar surface area (TPSA) is 35.6 Å². The molecular formula is C16H28Cl2N4. The Bertz CT molecular complexity index is 387. The summed E-state index contributed by atoms with van der Waals surface area (Å²) >= 11 is 0. The van der Waals surface area contributed by atoms with E-state index in [2.05, 4.69) is 19.1 Å². The maximum Gasteiger partial charge on any atom is 0.0945 e. The zero-order chi connectivity index (χ0) is 13.9. The molecule has 2 rings (SSSR count). The predicted octanol–water partition coefficient (Wildman–Crippen LogP) is 4.74. The van der Waals surface area contributed by atoms with E-state index < -0.39 is 0 Å². The molecule has 0 radical (unpaired) electrons. The fraction of sp³-hybridized carbons (Fsp3) is 0.625. The van der Waals surface area contributed by atoms with Gasteiger partial charge in [0.1, 0.15) is 0 Å². The number of aryl methyl sites for hydroxylation is 2. The van der Waals surface area contributed by atoms with Gasteiger partial charge in [0.15, 0.2) is 0 Å². The van der Waals surface area contributed by atoms with Crippen molar-refractivity contribution in [2.75, 3.05) is 0 Å². The zero-order valence-electron chi connectivity index (χ0n) is 13.1. The summed E-state index contributed by atoms with van der Waals surface area (Å²) in [4.78, 5) is 8.11. The van der Waals surface area contributed by atoms with E-state index in [9.17, 15) is 0 Å². The van der Waals surface area contributed by atoms with E-state index in [0.29, 0.717) is 0 Å². The molecule has 0 N–H and O–H groups in total. The highest BCUT2D eigenvalue weighted by Gasteiger charge is 1.94. The van der Waals surface area contributed by atoms with Crippen molar-refractivity contribution in [1.82, 2.24) is 19.1 Å². The average Bonchev–Trinajstić information content (AvgIpc) is 3.14. The first kappa shape index (κ1) is 21.0. The molecule has 0 saturated carbocycles. The molecular weight excluding hydrogens is 319 g/mol. The van der Waals surface area contributed by atoms with E-state index in [1.807, 2.05) is 37.4 Å². The summed E-state index contributed by atoms with van der Waals surface area (Å²) < 4.78 is 4.33. The quantitative estimate of drug-likeness (QED) is 0.550. The summed E-state index contributed by atoms with van der Waals surface area (Å²) in [7, 11) is 0. The molecule has 0 aliphatic rings. The zero-order valence-corrected chi connectivity index (χ0v) is 14.8. The van der Waals surface area contributed by atoms with E-state index in [4.69, 9.17) is 0 Å². The molecule has 0 amide bonds. The standard InChI is InChI=1S/C16H26N4.2ClH/c1(3-5-7-11-19-13-9-17-15-19)2-4-6-8-12-20-14-10-18-16-20;;/h9-10,13-16H,1-8,11-12H2;2*1H. The fourth-order valence-electron chi connectivity index (χ4n) is 2.49. The van der Waals surface area contributed by atoms with Gasteiger partial charge < -0.3 is 9.13 Å². The van der Waals surface area contributed by atoms with Crippen molar-refractivity contribution < 1.29 is 0 Å². The third-order valence-electron chi connectivity index (χ3n) is 3.70. The first-order valence-electron chi connectivity index (χ1n) is 7.86. The van der Waals surface area contributed by atoms with E-state index in [0.717, 1.165) is 13.1 Å². The Balaban J connectivity index is 0.00000220. The molecule has 0 unspecified atom stereocenters. The van der Waals surface area contributed by atoms with Crippen LogP contribution in [0.2, 0.25) is 0 Å². The van der Waals surface area contributed by atoms with Crippen LogP contribution in [-0.4, -0.2) is 19.1 Å². The van der Waals surface area contributed by atoms with Crippen LogP contribution in [0.4, 0.5) is 0 Å². The normalized spacial score (nSPS) is 10.0. The van der Waals surface area contributed by atoms with Gasteiger partial charge >= 0.3 is 0 Å². The maximum atomic E-state index is 4.05. The highest BCUT2D eigenvalue weighted by molar-refractivity contribution is 5.85. The molecule has 0 fully saturated rings.